The minimum absolute atomic E-state index is 0.145. The topological polar surface area (TPSA) is 109 Å². The van der Waals surface area contributed by atoms with Gasteiger partial charge in [0.2, 0.25) is 0 Å². The fourth-order valence-electron chi connectivity index (χ4n) is 3.24. The van der Waals surface area contributed by atoms with Crippen LogP contribution in [0.15, 0.2) is 59.1 Å². The molecule has 4 N–H and O–H groups in total. The number of nitrogen functional groups attached to an aromatic ring is 1. The number of benzene rings is 3. The van der Waals surface area contributed by atoms with Crippen molar-refractivity contribution in [2.24, 2.45) is 0 Å². The Balaban J connectivity index is 0.00000124. The average molecular weight is 467 g/mol. The molecule has 0 atom stereocenters. The highest BCUT2D eigenvalue weighted by Gasteiger charge is 2.34. The summed E-state index contributed by atoms with van der Waals surface area (Å²) in [7, 11) is 0. The van der Waals surface area contributed by atoms with Crippen molar-refractivity contribution in [2.75, 3.05) is 11.1 Å². The first-order valence-electron chi connectivity index (χ1n) is 9.29. The smallest absolute Gasteiger partial charge is 0.335 e. The fraction of sp³-hybridized carbons (Fsp3) is 0.0870. The number of fused-ring (bicyclic) bond motifs is 2. The van der Waals surface area contributed by atoms with Gasteiger partial charge in [-0.05, 0) is 46.3 Å². The van der Waals surface area contributed by atoms with Crippen LogP contribution in [-0.4, -0.2) is 22.6 Å². The van der Waals surface area contributed by atoms with Crippen molar-refractivity contribution in [3.8, 4) is 0 Å². The molecule has 0 aliphatic heterocycles. The van der Waals surface area contributed by atoms with Gasteiger partial charge in [0.15, 0.2) is 11.6 Å². The monoisotopic (exact) mass is 466 g/mol. The largest absolute Gasteiger partial charge is 0.478 e. The van der Waals surface area contributed by atoms with Crippen molar-refractivity contribution in [1.29, 1.82) is 0 Å². The van der Waals surface area contributed by atoms with E-state index in [9.17, 15) is 14.4 Å². The van der Waals surface area contributed by atoms with Gasteiger partial charge >= 0.3 is 5.97 Å². The van der Waals surface area contributed by atoms with Gasteiger partial charge in [-0.25, -0.2) is 4.79 Å². The summed E-state index contributed by atoms with van der Waals surface area (Å²) >= 11 is 3.35. The Morgan fingerprint density at radius 1 is 0.933 bits per heavy atom. The normalized spacial score (nSPS) is 11.7. The zero-order valence-corrected chi connectivity index (χ0v) is 17.9. The molecule has 6 nitrogen and oxygen atoms in total. The minimum Gasteiger partial charge on any atom is -0.478 e. The lowest BCUT2D eigenvalue weighted by Gasteiger charge is -2.23. The maximum atomic E-state index is 13.1. The molecule has 0 saturated heterocycles. The summed E-state index contributed by atoms with van der Waals surface area (Å²) in [6, 6.07) is 14.3. The van der Waals surface area contributed by atoms with E-state index >= 15 is 0 Å². The van der Waals surface area contributed by atoms with E-state index in [4.69, 9.17) is 10.8 Å². The van der Waals surface area contributed by atoms with Crippen LogP contribution in [0.1, 0.15) is 56.0 Å². The number of nitrogens with two attached hydrogens (primary N) is 1. The van der Waals surface area contributed by atoms with Crippen molar-refractivity contribution in [3.05, 3.63) is 86.9 Å². The van der Waals surface area contributed by atoms with E-state index in [1.54, 1.807) is 42.5 Å². The molecule has 1 aliphatic rings. The molecule has 30 heavy (non-hydrogen) atoms. The Kier molecular flexibility index (Phi) is 6.03. The molecule has 0 spiro atoms. The van der Waals surface area contributed by atoms with Crippen LogP contribution in [0.5, 0.6) is 0 Å². The molecule has 3 aromatic carbocycles. The number of anilines is 3. The number of rotatable bonds is 3. The van der Waals surface area contributed by atoms with Gasteiger partial charge in [0.05, 0.1) is 28.1 Å². The molecule has 1 aliphatic carbocycles. The van der Waals surface area contributed by atoms with Crippen LogP contribution in [0.2, 0.25) is 0 Å². The zero-order valence-electron chi connectivity index (χ0n) is 16.3. The van der Waals surface area contributed by atoms with Crippen molar-refractivity contribution in [1.82, 2.24) is 0 Å². The van der Waals surface area contributed by atoms with Gasteiger partial charge in [-0.3, -0.25) is 9.59 Å². The number of halogens is 1. The first kappa shape index (κ1) is 21.3. The molecular formula is C23H19BrN2O4. The summed E-state index contributed by atoms with van der Waals surface area (Å²) in [5.41, 5.74) is 8.45. The molecule has 0 radical (unpaired) electrons. The second kappa shape index (κ2) is 8.51. The van der Waals surface area contributed by atoms with Crippen LogP contribution in [0.3, 0.4) is 0 Å². The molecule has 0 saturated carbocycles. The van der Waals surface area contributed by atoms with Gasteiger partial charge in [0.1, 0.15) is 0 Å². The molecule has 4 rings (SSSR count). The first-order chi connectivity index (χ1) is 14.4. The molecule has 0 aromatic heterocycles. The van der Waals surface area contributed by atoms with Crippen LogP contribution >= 0.6 is 15.9 Å². The van der Waals surface area contributed by atoms with E-state index in [-0.39, 0.29) is 33.9 Å². The summed E-state index contributed by atoms with van der Waals surface area (Å²) in [5, 5.41) is 12.1. The lowest BCUT2D eigenvalue weighted by molar-refractivity contribution is 0.0696. The van der Waals surface area contributed by atoms with Gasteiger partial charge in [-0.2, -0.15) is 0 Å². The van der Waals surface area contributed by atoms with Gasteiger partial charge in [0, 0.05) is 21.3 Å². The molecule has 0 amide bonds. The van der Waals surface area contributed by atoms with E-state index in [0.717, 1.165) is 0 Å². The van der Waals surface area contributed by atoms with E-state index in [1.165, 1.54) is 12.1 Å². The van der Waals surface area contributed by atoms with Gasteiger partial charge in [0.25, 0.3) is 0 Å². The molecule has 0 fully saturated rings. The number of ketones is 2. The van der Waals surface area contributed by atoms with E-state index in [2.05, 4.69) is 21.2 Å². The SMILES string of the molecule is CC.Nc1c(Br)cc(Nc2ccc(C(=O)O)cc2)c2c1C(=O)c1ccccc1C2=O. The van der Waals surface area contributed by atoms with Crippen LogP contribution in [0, 0.1) is 0 Å². The number of hydrogen-bond donors (Lipinski definition) is 3. The van der Waals surface area contributed by atoms with E-state index in [1.807, 2.05) is 13.8 Å². The fourth-order valence-corrected chi connectivity index (χ4v) is 3.66. The molecular weight excluding hydrogens is 448 g/mol. The summed E-state index contributed by atoms with van der Waals surface area (Å²) in [4.78, 5) is 37.2. The van der Waals surface area contributed by atoms with Crippen LogP contribution in [-0.2, 0) is 0 Å². The lowest BCUT2D eigenvalue weighted by Crippen LogP contribution is -2.23. The highest BCUT2D eigenvalue weighted by atomic mass is 79.9. The number of carbonyl (C=O) groups excluding carboxylic acids is 2. The quantitative estimate of drug-likeness (QED) is 0.354. The van der Waals surface area contributed by atoms with Gasteiger partial charge < -0.3 is 16.2 Å². The number of carboxylic acid groups (broad SMARTS) is 1. The van der Waals surface area contributed by atoms with E-state index in [0.29, 0.717) is 27.0 Å². The average Bonchev–Trinajstić information content (AvgIpc) is 2.76. The third-order valence-corrected chi connectivity index (χ3v) is 5.25. The van der Waals surface area contributed by atoms with Gasteiger partial charge in [-0.1, -0.05) is 38.1 Å². The van der Waals surface area contributed by atoms with Crippen LogP contribution in [0.25, 0.3) is 0 Å². The Morgan fingerprint density at radius 3 is 2.00 bits per heavy atom. The molecule has 0 bridgehead atoms. The highest BCUT2D eigenvalue weighted by molar-refractivity contribution is 9.10. The Bertz CT molecular complexity index is 1170. The van der Waals surface area contributed by atoms with Gasteiger partial charge in [-0.15, -0.1) is 0 Å². The second-order valence-corrected chi connectivity index (χ2v) is 7.14. The summed E-state index contributed by atoms with van der Waals surface area (Å²) in [5.74, 6) is -1.64. The predicted molar refractivity (Wildman–Crippen MR) is 120 cm³/mol. The number of carboxylic acids is 1. The second-order valence-electron chi connectivity index (χ2n) is 6.28. The maximum absolute atomic E-state index is 13.1. The summed E-state index contributed by atoms with van der Waals surface area (Å²) in [6.07, 6.45) is 0. The summed E-state index contributed by atoms with van der Waals surface area (Å²) < 4.78 is 0.483. The zero-order chi connectivity index (χ0) is 22.0. The number of carbonyl (C=O) groups is 3. The Morgan fingerprint density at radius 2 is 1.47 bits per heavy atom. The minimum atomic E-state index is -1.03. The van der Waals surface area contributed by atoms with Crippen molar-refractivity contribution in [3.63, 3.8) is 0 Å². The molecule has 3 aromatic rings. The van der Waals surface area contributed by atoms with Crippen molar-refractivity contribution in [2.45, 2.75) is 13.8 Å². The number of aromatic carboxylic acids is 1. The van der Waals surface area contributed by atoms with Crippen molar-refractivity contribution >= 4 is 50.5 Å². The van der Waals surface area contributed by atoms with Crippen molar-refractivity contribution < 1.29 is 19.5 Å². The molecule has 152 valence electrons. The highest BCUT2D eigenvalue weighted by Crippen LogP contribution is 2.40. The van der Waals surface area contributed by atoms with Crippen LogP contribution in [0.4, 0.5) is 17.1 Å². The molecule has 7 heteroatoms. The third-order valence-electron chi connectivity index (χ3n) is 4.60. The Labute approximate surface area is 181 Å². The standard InChI is InChI=1S/C21H13BrN2O4.C2H6/c22-14-9-15(24-11-7-5-10(6-8-11)21(27)28)16-17(18(14)23)20(26)13-4-2-1-3-12(13)19(16)25;1-2/h1-9,24H,23H2,(H,27,28);1-2H3. The first-order valence-corrected chi connectivity index (χ1v) is 10.1. The van der Waals surface area contributed by atoms with E-state index < -0.39 is 5.97 Å². The third kappa shape index (κ3) is 3.59. The maximum Gasteiger partial charge on any atom is 0.335 e. The molecule has 0 unspecified atom stereocenters. The predicted octanol–water partition coefficient (Wildman–Crippen LogP) is 5.27. The lowest BCUT2D eigenvalue weighted by atomic mass is 9.82. The van der Waals surface area contributed by atoms with Crippen LogP contribution < -0.4 is 11.1 Å². The number of hydrogen-bond acceptors (Lipinski definition) is 5. The number of nitrogens with one attached hydrogen (secondary N) is 1. The Hall–Kier alpha value is -3.45. The summed E-state index contributed by atoms with van der Waals surface area (Å²) in [6.45, 7) is 4.00. The molecule has 0 heterocycles.